The fourth-order valence-corrected chi connectivity index (χ4v) is 8.65. The van der Waals surface area contributed by atoms with Gasteiger partial charge >= 0.3 is 0 Å². The number of fused-ring (bicyclic) bond motifs is 1. The minimum absolute atomic E-state index is 0.0124. The van der Waals surface area contributed by atoms with Crippen LogP contribution in [-0.2, 0) is 37.6 Å². The molecule has 0 spiro atoms. The molecule has 38 heavy (non-hydrogen) atoms. The van der Waals surface area contributed by atoms with E-state index in [4.69, 9.17) is 0 Å². The Morgan fingerprint density at radius 2 is 1.89 bits per heavy atom. The van der Waals surface area contributed by atoms with E-state index in [1.807, 2.05) is 0 Å². The number of amidine groups is 1. The zero-order valence-corrected chi connectivity index (χ0v) is 23.1. The van der Waals surface area contributed by atoms with E-state index < -0.39 is 31.6 Å². The quantitative estimate of drug-likeness (QED) is 0.510. The predicted octanol–water partition coefficient (Wildman–Crippen LogP) is 3.65. The fourth-order valence-electron chi connectivity index (χ4n) is 5.39. The monoisotopic (exact) mass is 581 g/mol. The lowest BCUT2D eigenvalue weighted by Crippen LogP contribution is -2.46. The number of nitrogens with one attached hydrogen (secondary N) is 1. The molecule has 2 aliphatic heterocycles. The van der Waals surface area contributed by atoms with Crippen LogP contribution in [-0.4, -0.2) is 57.1 Å². The maximum atomic E-state index is 13.7. The summed E-state index contributed by atoms with van der Waals surface area (Å²) in [5, 5.41) is 16.1. The van der Waals surface area contributed by atoms with Gasteiger partial charge in [-0.25, -0.2) is 12.8 Å². The third-order valence-corrected chi connectivity index (χ3v) is 10.7. The highest BCUT2D eigenvalue weighted by molar-refractivity contribution is 7.91. The first-order valence-corrected chi connectivity index (χ1v) is 16.7. The van der Waals surface area contributed by atoms with Gasteiger partial charge in [0.1, 0.15) is 36.9 Å². The van der Waals surface area contributed by atoms with Crippen LogP contribution < -0.4 is 5.32 Å². The smallest absolute Gasteiger partial charge is 0.287 e. The third-order valence-electron chi connectivity index (χ3n) is 7.28. The molecule has 1 amide bonds. The van der Waals surface area contributed by atoms with E-state index in [1.54, 1.807) is 22.4 Å². The van der Waals surface area contributed by atoms with Gasteiger partial charge in [0.2, 0.25) is 0 Å². The van der Waals surface area contributed by atoms with E-state index in [1.165, 1.54) is 12.1 Å². The minimum atomic E-state index is -4.28. The Morgan fingerprint density at radius 3 is 2.55 bits per heavy atom. The molecule has 13 heteroatoms. The molecule has 1 aliphatic carbocycles. The number of amides is 1. The number of carbonyl (C=O) groups excluding carboxylic acids is 1. The van der Waals surface area contributed by atoms with Gasteiger partial charge in [-0.05, 0) is 53.8 Å². The highest BCUT2D eigenvalue weighted by Gasteiger charge is 2.43. The number of aliphatic hydroxyl groups is 1. The number of rotatable bonds is 7. The Hall–Kier alpha value is -2.77. The van der Waals surface area contributed by atoms with Crippen molar-refractivity contribution in [2.75, 3.05) is 23.9 Å². The summed E-state index contributed by atoms with van der Waals surface area (Å²) in [5.74, 6) is -1.84. The number of hydrogen-bond acceptors (Lipinski definition) is 8. The largest absolute Gasteiger partial charge is 0.511 e. The third kappa shape index (κ3) is 5.36. The van der Waals surface area contributed by atoms with Crippen LogP contribution in [0.25, 0.3) is 0 Å². The van der Waals surface area contributed by atoms with Gasteiger partial charge in [0.15, 0.2) is 5.84 Å². The average molecular weight is 582 g/mol. The fraction of sp³-hybridized carbons (Fsp3) is 0.440. The first-order chi connectivity index (χ1) is 17.9. The van der Waals surface area contributed by atoms with Crippen molar-refractivity contribution in [3.8, 4) is 0 Å². The number of benzene rings is 1. The van der Waals surface area contributed by atoms with Crippen molar-refractivity contribution in [3.63, 3.8) is 0 Å². The summed E-state index contributed by atoms with van der Waals surface area (Å²) in [4.78, 5) is 15.1. The number of aryl methyl sites for hydroxylation is 1. The van der Waals surface area contributed by atoms with Crippen molar-refractivity contribution in [1.82, 2.24) is 4.90 Å². The molecule has 0 bridgehead atoms. The highest BCUT2D eigenvalue weighted by atomic mass is 32.2. The second kappa shape index (κ2) is 10.1. The van der Waals surface area contributed by atoms with Crippen LogP contribution >= 0.6 is 11.3 Å². The molecule has 0 radical (unpaired) electrons. The number of sulfonamides is 1. The first kappa shape index (κ1) is 26.8. The minimum Gasteiger partial charge on any atom is -0.511 e. The van der Waals surface area contributed by atoms with Crippen LogP contribution in [0.2, 0.25) is 0 Å². The molecule has 2 N–H and O–H groups in total. The van der Waals surface area contributed by atoms with Gasteiger partial charge in [-0.15, -0.1) is 15.7 Å². The van der Waals surface area contributed by atoms with E-state index in [-0.39, 0.29) is 64.2 Å². The van der Waals surface area contributed by atoms with Crippen LogP contribution in [0.15, 0.2) is 50.3 Å². The number of halogens is 1. The van der Waals surface area contributed by atoms with E-state index in [0.717, 1.165) is 43.3 Å². The Kier molecular flexibility index (Phi) is 7.12. The average Bonchev–Trinajstić information content (AvgIpc) is 3.51. The molecular formula is C25H28FN3O6S3. The summed E-state index contributed by atoms with van der Waals surface area (Å²) in [5.41, 5.74) is 0.851. The Balaban J connectivity index is 1.51. The number of sulfone groups is 1. The van der Waals surface area contributed by atoms with Crippen LogP contribution in [0.5, 0.6) is 0 Å². The van der Waals surface area contributed by atoms with Gasteiger partial charge in [-0.1, -0.05) is 25.0 Å². The van der Waals surface area contributed by atoms with Crippen molar-refractivity contribution in [3.05, 3.63) is 57.9 Å². The van der Waals surface area contributed by atoms with Crippen LogP contribution in [0.4, 0.5) is 9.39 Å². The molecule has 2 aromatic rings. The van der Waals surface area contributed by atoms with Crippen molar-refractivity contribution in [1.29, 1.82) is 0 Å². The summed E-state index contributed by atoms with van der Waals surface area (Å²) in [6, 6.07) is 5.79. The normalized spacial score (nSPS) is 21.8. The number of nitrogens with zero attached hydrogens (tertiary/aromatic N) is 2. The van der Waals surface area contributed by atoms with Crippen molar-refractivity contribution in [2.24, 2.45) is 16.2 Å². The van der Waals surface area contributed by atoms with E-state index in [9.17, 15) is 31.1 Å². The molecule has 1 aromatic heterocycles. The molecule has 204 valence electrons. The van der Waals surface area contributed by atoms with Gasteiger partial charge < -0.3 is 15.3 Å². The van der Waals surface area contributed by atoms with Gasteiger partial charge in [-0.3, -0.25) is 4.79 Å². The summed E-state index contributed by atoms with van der Waals surface area (Å²) in [6.45, 7) is 0.426. The van der Waals surface area contributed by atoms with Crippen LogP contribution in [0.1, 0.15) is 36.8 Å². The number of carbonyl (C=O) groups is 1. The summed E-state index contributed by atoms with van der Waals surface area (Å²) in [6.07, 6.45) is 4.89. The lowest BCUT2D eigenvalue weighted by molar-refractivity contribution is -0.129. The van der Waals surface area contributed by atoms with Crippen molar-refractivity contribution < 1.29 is 31.1 Å². The van der Waals surface area contributed by atoms with Crippen molar-refractivity contribution >= 4 is 47.9 Å². The SMILES string of the molecule is CS(=O)(=O)CCc1csc2c1S(=O)(=O)N=C(C1=C(O)C(C3CCCC3)CN(Cc3ccc(F)cc3)C1=O)N2. The number of hydrogen-bond donors (Lipinski definition) is 2. The van der Waals surface area contributed by atoms with Gasteiger partial charge in [0.25, 0.3) is 15.9 Å². The first-order valence-electron chi connectivity index (χ1n) is 12.3. The molecule has 1 atom stereocenters. The molecular weight excluding hydrogens is 553 g/mol. The van der Waals surface area contributed by atoms with Crippen molar-refractivity contribution in [2.45, 2.75) is 43.5 Å². The Labute approximate surface area is 225 Å². The Morgan fingerprint density at radius 1 is 1.21 bits per heavy atom. The zero-order valence-electron chi connectivity index (χ0n) is 20.7. The number of anilines is 1. The highest BCUT2D eigenvalue weighted by Crippen LogP contribution is 2.42. The number of thiophene rings is 1. The zero-order chi connectivity index (χ0) is 27.2. The van der Waals surface area contributed by atoms with Gasteiger partial charge in [-0.2, -0.15) is 8.42 Å². The molecule has 1 saturated carbocycles. The molecule has 3 aliphatic rings. The summed E-state index contributed by atoms with van der Waals surface area (Å²) >= 11 is 1.08. The predicted molar refractivity (Wildman–Crippen MR) is 143 cm³/mol. The maximum absolute atomic E-state index is 13.7. The standard InChI is InChI=1S/C25H28FN3O6S3/c1-37(32,33)11-10-17-14-36-24-22(17)38(34,35)28-23(27-24)20-21(30)19(16-4-2-3-5-16)13-29(25(20)31)12-15-6-8-18(26)9-7-15/h6-9,14,16,19,30H,2-5,10-13H2,1H3,(H,27,28). The summed E-state index contributed by atoms with van der Waals surface area (Å²) < 4.78 is 67.1. The Bertz CT molecular complexity index is 1540. The second-order valence-electron chi connectivity index (χ2n) is 10.1. The molecule has 0 saturated heterocycles. The lowest BCUT2D eigenvalue weighted by Gasteiger charge is -2.37. The molecule has 9 nitrogen and oxygen atoms in total. The summed E-state index contributed by atoms with van der Waals surface area (Å²) in [7, 11) is -7.59. The van der Waals surface area contributed by atoms with E-state index in [2.05, 4.69) is 9.71 Å². The van der Waals surface area contributed by atoms with Crippen LogP contribution in [0.3, 0.4) is 0 Å². The molecule has 1 aromatic carbocycles. The molecule has 1 unspecified atom stereocenters. The second-order valence-corrected chi connectivity index (χ2v) is 14.7. The lowest BCUT2D eigenvalue weighted by atomic mass is 9.83. The van der Waals surface area contributed by atoms with E-state index in [0.29, 0.717) is 11.1 Å². The van der Waals surface area contributed by atoms with E-state index >= 15 is 0 Å². The molecule has 5 rings (SSSR count). The molecule has 1 fully saturated rings. The van der Waals surface area contributed by atoms with Crippen LogP contribution in [0, 0.1) is 17.7 Å². The van der Waals surface area contributed by atoms with Gasteiger partial charge in [0, 0.05) is 25.3 Å². The topological polar surface area (TPSA) is 133 Å². The number of aliphatic hydroxyl groups excluding tert-OH is 1. The molecule has 3 heterocycles. The van der Waals surface area contributed by atoms with Gasteiger partial charge in [0.05, 0.1) is 5.75 Å². The maximum Gasteiger partial charge on any atom is 0.287 e.